The van der Waals surface area contributed by atoms with E-state index < -0.39 is 6.10 Å². The van der Waals surface area contributed by atoms with Crippen LogP contribution in [0.3, 0.4) is 0 Å². The fourth-order valence-electron chi connectivity index (χ4n) is 4.56. The number of fused-ring (bicyclic) bond motifs is 1. The maximum absolute atomic E-state index is 13.0. The van der Waals surface area contributed by atoms with Crippen molar-refractivity contribution in [3.63, 3.8) is 0 Å². The maximum Gasteiger partial charge on any atom is 0.253 e. The normalized spacial score (nSPS) is 26.8. The van der Waals surface area contributed by atoms with E-state index in [9.17, 15) is 14.7 Å². The smallest absolute Gasteiger partial charge is 0.253 e. The highest BCUT2D eigenvalue weighted by atomic mass is 16.3. The van der Waals surface area contributed by atoms with Crippen LogP contribution in [-0.4, -0.2) is 47.1 Å². The highest BCUT2D eigenvalue weighted by Gasteiger charge is 2.43. The van der Waals surface area contributed by atoms with Crippen molar-refractivity contribution in [2.24, 2.45) is 11.8 Å². The fourth-order valence-corrected chi connectivity index (χ4v) is 4.56. The summed E-state index contributed by atoms with van der Waals surface area (Å²) in [6.45, 7) is 4.70. The minimum atomic E-state index is -0.545. The number of hydrogen-bond donors (Lipinski definition) is 2. The standard InChI is InChI=1S/C22H26N2O4/c1-13-3-8-21(28-13)15-4-6-16(7-5-15)22(27)24-11-17-9-19(23-14(2)25)20(26)10-18(17)12-24/h3-8,17-20,26H,9-12H2,1-2H3,(H,23,25)/t17-,18+,19-,20-/m1/s1. The van der Waals surface area contributed by atoms with Gasteiger partial charge in [0.1, 0.15) is 11.5 Å². The summed E-state index contributed by atoms with van der Waals surface area (Å²) < 4.78 is 5.63. The predicted molar refractivity (Wildman–Crippen MR) is 105 cm³/mol. The fraction of sp³-hybridized carbons (Fsp3) is 0.455. The number of nitrogens with one attached hydrogen (secondary N) is 1. The summed E-state index contributed by atoms with van der Waals surface area (Å²) in [4.78, 5) is 26.2. The quantitative estimate of drug-likeness (QED) is 0.855. The maximum atomic E-state index is 13.0. The molecule has 2 amide bonds. The molecule has 0 spiro atoms. The van der Waals surface area contributed by atoms with Crippen molar-refractivity contribution in [2.45, 2.75) is 38.8 Å². The van der Waals surface area contributed by atoms with E-state index in [1.165, 1.54) is 6.92 Å². The molecule has 2 heterocycles. The number of nitrogens with zero attached hydrogens (tertiary/aromatic N) is 1. The van der Waals surface area contributed by atoms with Gasteiger partial charge in [-0.3, -0.25) is 9.59 Å². The molecule has 0 bridgehead atoms. The van der Waals surface area contributed by atoms with Crippen LogP contribution in [0.5, 0.6) is 0 Å². The first-order valence-corrected chi connectivity index (χ1v) is 9.82. The summed E-state index contributed by atoms with van der Waals surface area (Å²) in [7, 11) is 0. The Hall–Kier alpha value is -2.60. The number of benzene rings is 1. The first-order valence-electron chi connectivity index (χ1n) is 9.82. The lowest BCUT2D eigenvalue weighted by Gasteiger charge is -2.35. The molecule has 6 nitrogen and oxygen atoms in total. The first kappa shape index (κ1) is 18.7. The molecule has 1 aromatic heterocycles. The van der Waals surface area contributed by atoms with Gasteiger partial charge < -0.3 is 19.7 Å². The predicted octanol–water partition coefficient (Wildman–Crippen LogP) is 2.60. The highest BCUT2D eigenvalue weighted by molar-refractivity contribution is 5.94. The monoisotopic (exact) mass is 382 g/mol. The van der Waals surface area contributed by atoms with Crippen molar-refractivity contribution in [3.8, 4) is 11.3 Å². The van der Waals surface area contributed by atoms with E-state index in [0.717, 1.165) is 17.1 Å². The average Bonchev–Trinajstić information content (AvgIpc) is 3.27. The second-order valence-corrected chi connectivity index (χ2v) is 8.06. The van der Waals surface area contributed by atoms with Crippen molar-refractivity contribution < 1.29 is 19.1 Å². The van der Waals surface area contributed by atoms with Crippen LogP contribution in [0.2, 0.25) is 0 Å². The Balaban J connectivity index is 1.43. The number of rotatable bonds is 3. The lowest BCUT2D eigenvalue weighted by molar-refractivity contribution is -0.121. The number of likely N-dealkylation sites (tertiary alicyclic amines) is 1. The Morgan fingerprint density at radius 2 is 1.75 bits per heavy atom. The van der Waals surface area contributed by atoms with E-state index in [2.05, 4.69) is 5.32 Å². The Bertz CT molecular complexity index is 873. The number of aliphatic hydroxyl groups excluding tert-OH is 1. The lowest BCUT2D eigenvalue weighted by atomic mass is 9.77. The van der Waals surface area contributed by atoms with Crippen LogP contribution in [0.25, 0.3) is 11.3 Å². The molecular weight excluding hydrogens is 356 g/mol. The second-order valence-electron chi connectivity index (χ2n) is 8.06. The Labute approximate surface area is 164 Å². The number of carbonyl (C=O) groups is 2. The van der Waals surface area contributed by atoms with Gasteiger partial charge in [0.05, 0.1) is 12.1 Å². The third-order valence-electron chi connectivity index (χ3n) is 5.97. The van der Waals surface area contributed by atoms with E-state index in [1.54, 1.807) is 0 Å². The number of carbonyl (C=O) groups excluding carboxylic acids is 2. The van der Waals surface area contributed by atoms with Crippen molar-refractivity contribution in [2.75, 3.05) is 13.1 Å². The minimum absolute atomic E-state index is 0.0159. The molecule has 1 saturated heterocycles. The van der Waals surface area contributed by atoms with Gasteiger partial charge >= 0.3 is 0 Å². The number of hydrogen-bond acceptors (Lipinski definition) is 4. The molecule has 2 N–H and O–H groups in total. The summed E-state index contributed by atoms with van der Waals surface area (Å²) in [6.07, 6.45) is 0.790. The molecule has 1 aromatic carbocycles. The molecule has 28 heavy (non-hydrogen) atoms. The Kier molecular flexibility index (Phi) is 4.98. The summed E-state index contributed by atoms with van der Waals surface area (Å²) in [6, 6.07) is 11.1. The molecule has 4 atom stereocenters. The van der Waals surface area contributed by atoms with Gasteiger partial charge in [-0.15, -0.1) is 0 Å². The number of amides is 2. The van der Waals surface area contributed by atoms with Crippen LogP contribution in [0, 0.1) is 18.8 Å². The van der Waals surface area contributed by atoms with Crippen LogP contribution in [0.15, 0.2) is 40.8 Å². The second kappa shape index (κ2) is 7.43. The summed E-state index contributed by atoms with van der Waals surface area (Å²) in [5.74, 6) is 2.14. The molecule has 1 saturated carbocycles. The molecular formula is C22H26N2O4. The molecule has 1 aliphatic heterocycles. The van der Waals surface area contributed by atoms with E-state index in [1.807, 2.05) is 48.2 Å². The molecule has 0 radical (unpaired) electrons. The summed E-state index contributed by atoms with van der Waals surface area (Å²) >= 11 is 0. The average molecular weight is 382 g/mol. The van der Waals surface area contributed by atoms with Gasteiger partial charge in [0.25, 0.3) is 5.91 Å². The topological polar surface area (TPSA) is 82.8 Å². The SMILES string of the molecule is CC(=O)N[C@@H]1C[C@@H]2CN(C(=O)c3ccc(-c4ccc(C)o4)cc3)C[C@@H]2C[C@H]1O. The van der Waals surface area contributed by atoms with Crippen molar-refractivity contribution in [1.82, 2.24) is 10.2 Å². The molecule has 2 aliphatic rings. The van der Waals surface area contributed by atoms with E-state index >= 15 is 0 Å². The van der Waals surface area contributed by atoms with E-state index in [-0.39, 0.29) is 23.8 Å². The Morgan fingerprint density at radius 1 is 1.07 bits per heavy atom. The third kappa shape index (κ3) is 3.69. The lowest BCUT2D eigenvalue weighted by Crippen LogP contribution is -2.48. The number of aryl methyl sites for hydroxylation is 1. The molecule has 0 unspecified atom stereocenters. The molecule has 6 heteroatoms. The molecule has 2 aromatic rings. The third-order valence-corrected chi connectivity index (χ3v) is 5.97. The molecule has 4 rings (SSSR count). The van der Waals surface area contributed by atoms with Crippen molar-refractivity contribution >= 4 is 11.8 Å². The van der Waals surface area contributed by atoms with Crippen molar-refractivity contribution in [1.29, 1.82) is 0 Å². The van der Waals surface area contributed by atoms with Crippen LogP contribution < -0.4 is 5.32 Å². The van der Waals surface area contributed by atoms with Crippen LogP contribution in [0.1, 0.15) is 35.9 Å². The Morgan fingerprint density at radius 3 is 2.36 bits per heavy atom. The minimum Gasteiger partial charge on any atom is -0.461 e. The van der Waals surface area contributed by atoms with E-state index in [4.69, 9.17) is 4.42 Å². The number of furan rings is 1. The van der Waals surface area contributed by atoms with Gasteiger partial charge in [-0.25, -0.2) is 0 Å². The first-order chi connectivity index (χ1) is 13.4. The number of aliphatic hydroxyl groups is 1. The van der Waals surface area contributed by atoms with Gasteiger partial charge in [-0.05, 0) is 55.9 Å². The van der Waals surface area contributed by atoms with Crippen LogP contribution >= 0.6 is 0 Å². The van der Waals surface area contributed by atoms with Gasteiger partial charge in [-0.2, -0.15) is 0 Å². The molecule has 2 fully saturated rings. The van der Waals surface area contributed by atoms with Crippen molar-refractivity contribution in [3.05, 3.63) is 47.7 Å². The largest absolute Gasteiger partial charge is 0.461 e. The molecule has 148 valence electrons. The van der Waals surface area contributed by atoms with E-state index in [0.29, 0.717) is 37.4 Å². The van der Waals surface area contributed by atoms with Gasteiger partial charge in [0, 0.05) is 31.1 Å². The van der Waals surface area contributed by atoms with Crippen LogP contribution in [0.4, 0.5) is 0 Å². The van der Waals surface area contributed by atoms with Crippen LogP contribution in [-0.2, 0) is 4.79 Å². The highest BCUT2D eigenvalue weighted by Crippen LogP contribution is 2.37. The van der Waals surface area contributed by atoms with Gasteiger partial charge in [-0.1, -0.05) is 12.1 Å². The summed E-state index contributed by atoms with van der Waals surface area (Å²) in [5, 5.41) is 13.2. The van der Waals surface area contributed by atoms with Gasteiger partial charge in [0.15, 0.2) is 0 Å². The summed E-state index contributed by atoms with van der Waals surface area (Å²) in [5.41, 5.74) is 1.60. The molecule has 1 aliphatic carbocycles. The zero-order valence-electron chi connectivity index (χ0n) is 16.2. The van der Waals surface area contributed by atoms with Gasteiger partial charge in [0.2, 0.25) is 5.91 Å². The zero-order chi connectivity index (χ0) is 19.8. The zero-order valence-corrected chi connectivity index (χ0v) is 16.2.